The normalized spacial score (nSPS) is 10.5. The van der Waals surface area contributed by atoms with Crippen LogP contribution in [0.15, 0.2) is 24.3 Å². The average molecular weight is 263 g/mol. The van der Waals surface area contributed by atoms with Gasteiger partial charge in [-0.1, -0.05) is 31.2 Å². The lowest BCUT2D eigenvalue weighted by Crippen LogP contribution is -2.41. The summed E-state index contributed by atoms with van der Waals surface area (Å²) in [5, 5.41) is 8.82. The van der Waals surface area contributed by atoms with Gasteiger partial charge in [-0.2, -0.15) is 0 Å². The van der Waals surface area contributed by atoms with Crippen LogP contribution in [-0.4, -0.2) is 34.5 Å². The van der Waals surface area contributed by atoms with Crippen molar-refractivity contribution < 1.29 is 14.7 Å². The molecule has 1 rings (SSSR count). The Labute approximate surface area is 114 Å². The van der Waals surface area contributed by atoms with E-state index >= 15 is 0 Å². The summed E-state index contributed by atoms with van der Waals surface area (Å²) in [6.45, 7) is 5.47. The van der Waals surface area contributed by atoms with Gasteiger partial charge in [0.1, 0.15) is 6.54 Å². The number of hydrogen-bond donors (Lipinski definition) is 1. The zero-order valence-corrected chi connectivity index (χ0v) is 11.7. The van der Waals surface area contributed by atoms with Gasteiger partial charge in [0.05, 0.1) is 6.42 Å². The topological polar surface area (TPSA) is 57.6 Å². The largest absolute Gasteiger partial charge is 0.480 e. The Balaban J connectivity index is 2.72. The highest BCUT2D eigenvalue weighted by atomic mass is 16.4. The monoisotopic (exact) mass is 263 g/mol. The van der Waals surface area contributed by atoms with Crippen molar-refractivity contribution in [2.45, 2.75) is 39.7 Å². The van der Waals surface area contributed by atoms with Gasteiger partial charge >= 0.3 is 5.97 Å². The van der Waals surface area contributed by atoms with Crippen molar-refractivity contribution in [3.63, 3.8) is 0 Å². The third kappa shape index (κ3) is 4.73. The molecule has 0 spiro atoms. The van der Waals surface area contributed by atoms with Crippen LogP contribution in [0.3, 0.4) is 0 Å². The molecule has 0 aliphatic carbocycles. The van der Waals surface area contributed by atoms with E-state index in [1.807, 2.05) is 38.1 Å². The van der Waals surface area contributed by atoms with Gasteiger partial charge in [0.25, 0.3) is 0 Å². The molecule has 0 heterocycles. The predicted octanol–water partition coefficient (Wildman–Crippen LogP) is 2.11. The lowest BCUT2D eigenvalue weighted by molar-refractivity contribution is -0.145. The van der Waals surface area contributed by atoms with Gasteiger partial charge in [-0.05, 0) is 31.4 Å². The van der Waals surface area contributed by atoms with Gasteiger partial charge in [-0.15, -0.1) is 0 Å². The fraction of sp³-hybridized carbons (Fsp3) is 0.467. The number of carboxylic acid groups (broad SMARTS) is 1. The Bertz CT molecular complexity index is 437. The van der Waals surface area contributed by atoms with Crippen LogP contribution in [0.2, 0.25) is 0 Å². The van der Waals surface area contributed by atoms with Gasteiger partial charge < -0.3 is 10.0 Å². The molecule has 0 fully saturated rings. The summed E-state index contributed by atoms with van der Waals surface area (Å²) in [5.41, 5.74) is 2.14. The Morgan fingerprint density at radius 3 is 2.11 bits per heavy atom. The molecule has 0 saturated heterocycles. The van der Waals surface area contributed by atoms with Crippen molar-refractivity contribution >= 4 is 11.9 Å². The number of aliphatic carboxylic acids is 1. The van der Waals surface area contributed by atoms with Crippen LogP contribution in [0, 0.1) is 0 Å². The maximum absolute atomic E-state index is 12.1. The van der Waals surface area contributed by atoms with E-state index in [4.69, 9.17) is 5.11 Å². The predicted molar refractivity (Wildman–Crippen MR) is 74.0 cm³/mol. The number of carboxylic acids is 1. The number of benzene rings is 1. The number of carbonyl (C=O) groups excluding carboxylic acids is 1. The van der Waals surface area contributed by atoms with E-state index < -0.39 is 5.97 Å². The second kappa shape index (κ2) is 6.92. The SMILES string of the molecule is CCc1ccc(CC(=O)N(CC(=O)O)C(C)C)cc1. The highest BCUT2D eigenvalue weighted by Crippen LogP contribution is 2.09. The number of hydrogen-bond acceptors (Lipinski definition) is 2. The minimum absolute atomic E-state index is 0.112. The molecule has 0 bridgehead atoms. The van der Waals surface area contributed by atoms with E-state index in [1.165, 1.54) is 10.5 Å². The van der Waals surface area contributed by atoms with E-state index in [9.17, 15) is 9.59 Å². The molecule has 0 aliphatic heterocycles. The van der Waals surface area contributed by atoms with Crippen LogP contribution in [0.5, 0.6) is 0 Å². The molecule has 0 atom stereocenters. The third-order valence-corrected chi connectivity index (χ3v) is 3.04. The molecule has 1 aromatic carbocycles. The fourth-order valence-electron chi connectivity index (χ4n) is 1.87. The first kappa shape index (κ1) is 15.2. The standard InChI is InChI=1S/C15H21NO3/c1-4-12-5-7-13(8-6-12)9-14(17)16(11(2)3)10-15(18)19/h5-8,11H,4,9-10H2,1-3H3,(H,18,19). The van der Waals surface area contributed by atoms with Crippen LogP contribution in [-0.2, 0) is 22.4 Å². The smallest absolute Gasteiger partial charge is 0.323 e. The number of carbonyl (C=O) groups is 2. The lowest BCUT2D eigenvalue weighted by atomic mass is 10.1. The van der Waals surface area contributed by atoms with E-state index in [1.54, 1.807) is 0 Å². The van der Waals surface area contributed by atoms with Crippen molar-refractivity contribution in [3.8, 4) is 0 Å². The molecule has 0 unspecified atom stereocenters. The summed E-state index contributed by atoms with van der Waals surface area (Å²) in [7, 11) is 0. The molecule has 4 nitrogen and oxygen atoms in total. The van der Waals surface area contributed by atoms with Crippen molar-refractivity contribution in [3.05, 3.63) is 35.4 Å². The number of nitrogens with zero attached hydrogens (tertiary/aromatic N) is 1. The molecular formula is C15H21NO3. The number of rotatable bonds is 6. The first-order chi connectivity index (χ1) is 8.93. The second-order valence-corrected chi connectivity index (χ2v) is 4.86. The van der Waals surface area contributed by atoms with Crippen molar-refractivity contribution in [2.24, 2.45) is 0 Å². The van der Waals surface area contributed by atoms with Crippen molar-refractivity contribution in [2.75, 3.05) is 6.54 Å². The van der Waals surface area contributed by atoms with Crippen molar-refractivity contribution in [1.29, 1.82) is 0 Å². The molecule has 1 amide bonds. The number of aryl methyl sites for hydroxylation is 1. The van der Waals surface area contributed by atoms with Gasteiger partial charge in [0, 0.05) is 6.04 Å². The van der Waals surface area contributed by atoms with E-state index in [2.05, 4.69) is 6.92 Å². The Hall–Kier alpha value is -1.84. The van der Waals surface area contributed by atoms with E-state index in [0.717, 1.165) is 12.0 Å². The average Bonchev–Trinajstić information content (AvgIpc) is 2.36. The minimum Gasteiger partial charge on any atom is -0.480 e. The summed E-state index contributed by atoms with van der Waals surface area (Å²) >= 11 is 0. The van der Waals surface area contributed by atoms with E-state index in [0.29, 0.717) is 0 Å². The maximum atomic E-state index is 12.1. The molecule has 1 aromatic rings. The third-order valence-electron chi connectivity index (χ3n) is 3.04. The Kier molecular flexibility index (Phi) is 5.55. The summed E-state index contributed by atoms with van der Waals surface area (Å²) in [6, 6.07) is 7.74. The Morgan fingerprint density at radius 2 is 1.68 bits per heavy atom. The highest BCUT2D eigenvalue weighted by Gasteiger charge is 2.19. The Morgan fingerprint density at radius 1 is 1.16 bits per heavy atom. The van der Waals surface area contributed by atoms with Crippen molar-refractivity contribution in [1.82, 2.24) is 4.90 Å². The molecule has 0 aromatic heterocycles. The van der Waals surface area contributed by atoms with E-state index in [-0.39, 0.29) is 24.9 Å². The van der Waals surface area contributed by atoms with Crippen LogP contribution in [0.25, 0.3) is 0 Å². The maximum Gasteiger partial charge on any atom is 0.323 e. The quantitative estimate of drug-likeness (QED) is 0.855. The molecule has 104 valence electrons. The lowest BCUT2D eigenvalue weighted by Gasteiger charge is -2.25. The molecule has 0 saturated carbocycles. The molecule has 1 N–H and O–H groups in total. The fourth-order valence-corrected chi connectivity index (χ4v) is 1.87. The zero-order valence-electron chi connectivity index (χ0n) is 11.7. The van der Waals surface area contributed by atoms with Crippen LogP contribution in [0.1, 0.15) is 31.9 Å². The molecule has 0 aliphatic rings. The van der Waals surface area contributed by atoms with Crippen LogP contribution >= 0.6 is 0 Å². The molecule has 4 heteroatoms. The van der Waals surface area contributed by atoms with Gasteiger partial charge in [0.15, 0.2) is 0 Å². The first-order valence-electron chi connectivity index (χ1n) is 6.53. The number of amides is 1. The summed E-state index contributed by atoms with van der Waals surface area (Å²) < 4.78 is 0. The molecular weight excluding hydrogens is 242 g/mol. The van der Waals surface area contributed by atoms with Crippen LogP contribution in [0.4, 0.5) is 0 Å². The first-order valence-corrected chi connectivity index (χ1v) is 6.53. The van der Waals surface area contributed by atoms with Crippen LogP contribution < -0.4 is 0 Å². The molecule has 0 radical (unpaired) electrons. The van der Waals surface area contributed by atoms with Gasteiger partial charge in [-0.3, -0.25) is 9.59 Å². The summed E-state index contributed by atoms with van der Waals surface area (Å²) in [6.07, 6.45) is 1.21. The minimum atomic E-state index is -0.983. The second-order valence-electron chi connectivity index (χ2n) is 4.86. The summed E-state index contributed by atoms with van der Waals surface area (Å²) in [5.74, 6) is -1.13. The van der Waals surface area contributed by atoms with Gasteiger partial charge in [-0.25, -0.2) is 0 Å². The molecule has 19 heavy (non-hydrogen) atoms. The zero-order chi connectivity index (χ0) is 14.4. The van der Waals surface area contributed by atoms with Gasteiger partial charge in [0.2, 0.25) is 5.91 Å². The summed E-state index contributed by atoms with van der Waals surface area (Å²) in [4.78, 5) is 24.3. The highest BCUT2D eigenvalue weighted by molar-refractivity contribution is 5.83.